The third-order valence-corrected chi connectivity index (χ3v) is 10.4. The molecule has 1 N–H and O–H groups in total. The van der Waals surface area contributed by atoms with Gasteiger partial charge < -0.3 is 4.74 Å². The Morgan fingerprint density at radius 3 is 2.02 bits per heavy atom. The van der Waals surface area contributed by atoms with Gasteiger partial charge in [-0.15, -0.1) is 0 Å². The summed E-state index contributed by atoms with van der Waals surface area (Å²) in [7, 11) is -3.97. The van der Waals surface area contributed by atoms with Crippen LogP contribution < -0.4 is 15.1 Å². The first-order chi connectivity index (χ1) is 26.1. The SMILES string of the molecule is CCn1c(CCCc2ccc(-c3ccc(NS(=O)(=O)c4ccc(Oc5ccc(C(F)(F)F)cn5)cc4)cn3)cc2)nn(Cc2ccc(C(C)(C)C)cc2)c1=O. The quantitative estimate of drug-likeness (QED) is 0.125. The van der Waals surface area contributed by atoms with E-state index in [0.717, 1.165) is 47.5 Å². The summed E-state index contributed by atoms with van der Waals surface area (Å²) in [6, 6.07) is 27.0. The number of aryl methyl sites for hydroxylation is 2. The van der Waals surface area contributed by atoms with E-state index in [2.05, 4.69) is 64.8 Å². The summed E-state index contributed by atoms with van der Waals surface area (Å²) in [5.74, 6) is 0.906. The average Bonchev–Trinajstić information content (AvgIpc) is 3.45. The highest BCUT2D eigenvalue weighted by Gasteiger charge is 2.30. The smallest absolute Gasteiger partial charge is 0.417 e. The van der Waals surface area contributed by atoms with Crippen molar-refractivity contribution in [2.75, 3.05) is 4.72 Å². The van der Waals surface area contributed by atoms with Crippen molar-refractivity contribution in [2.24, 2.45) is 0 Å². The second-order valence-electron chi connectivity index (χ2n) is 14.1. The van der Waals surface area contributed by atoms with Crippen molar-refractivity contribution in [1.29, 1.82) is 0 Å². The van der Waals surface area contributed by atoms with E-state index in [4.69, 9.17) is 4.74 Å². The Kier molecular flexibility index (Phi) is 11.3. The number of nitrogens with one attached hydrogen (secondary N) is 1. The van der Waals surface area contributed by atoms with Crippen LogP contribution in [-0.4, -0.2) is 32.7 Å². The van der Waals surface area contributed by atoms with Gasteiger partial charge in [-0.2, -0.15) is 18.3 Å². The maximum Gasteiger partial charge on any atom is 0.417 e. The molecule has 3 heterocycles. The molecule has 0 spiro atoms. The standard InChI is InChI=1S/C41H41F3N6O4S/c1-5-49-37(47-50(39(49)51)27-29-11-15-31(16-12-29)40(2,3)4)8-6-7-28-9-13-30(14-10-28)36-23-18-33(26-45-36)48-55(52,53)35-21-19-34(20-22-35)54-38-24-17-32(25-46-38)41(42,43)44/h9-26,48H,5-8,27H2,1-4H3. The Hall–Kier alpha value is -5.76. The van der Waals surface area contributed by atoms with Gasteiger partial charge in [0.2, 0.25) is 5.88 Å². The zero-order valence-electron chi connectivity index (χ0n) is 30.8. The molecule has 0 saturated carbocycles. The first-order valence-electron chi connectivity index (χ1n) is 17.7. The number of benzene rings is 3. The number of alkyl halides is 3. The van der Waals surface area contributed by atoms with Gasteiger partial charge in [-0.3, -0.25) is 14.3 Å². The Bertz CT molecular complexity index is 2390. The number of nitrogens with zero attached hydrogens (tertiary/aromatic N) is 5. The van der Waals surface area contributed by atoms with Crippen LogP contribution in [0.4, 0.5) is 18.9 Å². The van der Waals surface area contributed by atoms with E-state index in [-0.39, 0.29) is 33.3 Å². The van der Waals surface area contributed by atoms with Crippen molar-refractivity contribution in [3.8, 4) is 22.9 Å². The highest BCUT2D eigenvalue weighted by molar-refractivity contribution is 7.92. The molecule has 14 heteroatoms. The Balaban J connectivity index is 1.01. The molecule has 6 aromatic rings. The molecule has 0 fully saturated rings. The summed E-state index contributed by atoms with van der Waals surface area (Å²) in [5.41, 5.74) is 4.25. The predicted octanol–water partition coefficient (Wildman–Crippen LogP) is 8.65. The van der Waals surface area contributed by atoms with E-state index in [1.54, 1.807) is 21.4 Å². The van der Waals surface area contributed by atoms with E-state index in [9.17, 15) is 26.4 Å². The van der Waals surface area contributed by atoms with Gasteiger partial charge in [0, 0.05) is 30.8 Å². The first kappa shape index (κ1) is 38.9. The molecule has 0 aliphatic heterocycles. The lowest BCUT2D eigenvalue weighted by molar-refractivity contribution is -0.137. The largest absolute Gasteiger partial charge is 0.439 e. The fraction of sp³-hybridized carbons (Fsp3) is 0.268. The molecular weight excluding hydrogens is 730 g/mol. The van der Waals surface area contributed by atoms with Crippen LogP contribution >= 0.6 is 0 Å². The number of sulfonamides is 1. The zero-order chi connectivity index (χ0) is 39.4. The lowest BCUT2D eigenvalue weighted by Gasteiger charge is -2.19. The molecule has 286 valence electrons. The third-order valence-electron chi connectivity index (χ3n) is 9.02. The van der Waals surface area contributed by atoms with Gasteiger partial charge in [0.15, 0.2) is 0 Å². The number of halogens is 3. The summed E-state index contributed by atoms with van der Waals surface area (Å²) in [6.07, 6.45) is -0.146. The number of hydrogen-bond acceptors (Lipinski definition) is 7. The van der Waals surface area contributed by atoms with Gasteiger partial charge in [0.25, 0.3) is 10.0 Å². The van der Waals surface area contributed by atoms with Crippen molar-refractivity contribution in [3.05, 3.63) is 148 Å². The summed E-state index contributed by atoms with van der Waals surface area (Å²) >= 11 is 0. The van der Waals surface area contributed by atoms with Crippen LogP contribution in [0.2, 0.25) is 0 Å². The monoisotopic (exact) mass is 770 g/mol. The normalized spacial score (nSPS) is 12.1. The fourth-order valence-electron chi connectivity index (χ4n) is 5.92. The summed E-state index contributed by atoms with van der Waals surface area (Å²) in [6.45, 7) is 9.45. The van der Waals surface area contributed by atoms with E-state index < -0.39 is 21.8 Å². The number of rotatable bonds is 13. The van der Waals surface area contributed by atoms with Crippen molar-refractivity contribution < 1.29 is 26.3 Å². The Labute approximate surface area is 317 Å². The van der Waals surface area contributed by atoms with Crippen LogP contribution in [-0.2, 0) is 47.5 Å². The van der Waals surface area contributed by atoms with Gasteiger partial charge in [-0.25, -0.2) is 22.9 Å². The van der Waals surface area contributed by atoms with Gasteiger partial charge in [-0.1, -0.05) is 69.3 Å². The maximum atomic E-state index is 13.1. The van der Waals surface area contributed by atoms with Crippen molar-refractivity contribution in [1.82, 2.24) is 24.3 Å². The molecule has 0 aliphatic carbocycles. The van der Waals surface area contributed by atoms with Gasteiger partial charge in [-0.05, 0) is 84.3 Å². The lowest BCUT2D eigenvalue weighted by Crippen LogP contribution is -2.25. The molecule has 3 aromatic heterocycles. The molecule has 0 bridgehead atoms. The molecule has 0 radical (unpaired) electrons. The number of anilines is 1. The second-order valence-corrected chi connectivity index (χ2v) is 15.8. The number of aromatic nitrogens is 5. The fourth-order valence-corrected chi connectivity index (χ4v) is 6.97. The second kappa shape index (κ2) is 15.9. The summed E-state index contributed by atoms with van der Waals surface area (Å²) in [4.78, 5) is 21.2. The van der Waals surface area contributed by atoms with E-state index in [0.29, 0.717) is 31.4 Å². The molecule has 0 saturated heterocycles. The number of hydrogen-bond donors (Lipinski definition) is 1. The Morgan fingerprint density at radius 1 is 0.764 bits per heavy atom. The lowest BCUT2D eigenvalue weighted by atomic mass is 9.87. The van der Waals surface area contributed by atoms with Gasteiger partial charge in [0.05, 0.1) is 34.6 Å². The van der Waals surface area contributed by atoms with Gasteiger partial charge >= 0.3 is 11.9 Å². The molecule has 0 aliphatic rings. The van der Waals surface area contributed by atoms with Crippen molar-refractivity contribution in [2.45, 2.75) is 76.5 Å². The molecular formula is C41H41F3N6O4S. The molecule has 10 nitrogen and oxygen atoms in total. The van der Waals surface area contributed by atoms with E-state index in [1.165, 1.54) is 36.0 Å². The van der Waals surface area contributed by atoms with Crippen LogP contribution in [0.25, 0.3) is 11.3 Å². The predicted molar refractivity (Wildman–Crippen MR) is 205 cm³/mol. The summed E-state index contributed by atoms with van der Waals surface area (Å²) in [5, 5.41) is 4.69. The molecule has 0 unspecified atom stereocenters. The molecule has 55 heavy (non-hydrogen) atoms. The first-order valence-corrected chi connectivity index (χ1v) is 19.2. The van der Waals surface area contributed by atoms with Crippen LogP contribution in [0.3, 0.4) is 0 Å². The minimum Gasteiger partial charge on any atom is -0.439 e. The van der Waals surface area contributed by atoms with Gasteiger partial charge in [0.1, 0.15) is 11.6 Å². The summed E-state index contributed by atoms with van der Waals surface area (Å²) < 4.78 is 75.6. The van der Waals surface area contributed by atoms with E-state index in [1.807, 2.05) is 31.2 Å². The van der Waals surface area contributed by atoms with Crippen LogP contribution in [0.5, 0.6) is 11.6 Å². The highest BCUT2D eigenvalue weighted by atomic mass is 32.2. The Morgan fingerprint density at radius 2 is 1.44 bits per heavy atom. The maximum absolute atomic E-state index is 13.1. The molecule has 0 atom stereocenters. The highest BCUT2D eigenvalue weighted by Crippen LogP contribution is 2.30. The van der Waals surface area contributed by atoms with E-state index >= 15 is 0 Å². The minimum absolute atomic E-state index is 0.0480. The molecule has 6 rings (SSSR count). The van der Waals surface area contributed by atoms with Crippen LogP contribution in [0.15, 0.2) is 119 Å². The van der Waals surface area contributed by atoms with Crippen LogP contribution in [0, 0.1) is 0 Å². The number of pyridine rings is 2. The zero-order valence-corrected chi connectivity index (χ0v) is 31.7. The minimum atomic E-state index is -4.52. The van der Waals surface area contributed by atoms with Crippen molar-refractivity contribution >= 4 is 15.7 Å². The molecule has 0 amide bonds. The topological polar surface area (TPSA) is 121 Å². The van der Waals surface area contributed by atoms with Crippen LogP contribution in [0.1, 0.15) is 62.2 Å². The molecule has 3 aromatic carbocycles. The third kappa shape index (κ3) is 9.68. The number of ether oxygens (including phenoxy) is 1. The van der Waals surface area contributed by atoms with Crippen molar-refractivity contribution in [3.63, 3.8) is 0 Å². The average molecular weight is 771 g/mol.